The quantitative estimate of drug-likeness (QED) is 0.736. The predicted molar refractivity (Wildman–Crippen MR) is 79.4 cm³/mol. The van der Waals surface area contributed by atoms with Gasteiger partial charge in [0.15, 0.2) is 11.6 Å². The van der Waals surface area contributed by atoms with E-state index in [-0.39, 0.29) is 5.75 Å². The minimum Gasteiger partial charge on any atom is -0.490 e. The van der Waals surface area contributed by atoms with Crippen molar-refractivity contribution >= 4 is 0 Å². The highest BCUT2D eigenvalue weighted by atomic mass is 19.2. The summed E-state index contributed by atoms with van der Waals surface area (Å²) in [5.41, 5.74) is 0.320. The van der Waals surface area contributed by atoms with Crippen LogP contribution in [0.25, 0.3) is 0 Å². The first-order chi connectivity index (χ1) is 10.1. The molecule has 21 heavy (non-hydrogen) atoms. The molecule has 0 amide bonds. The molecule has 0 heterocycles. The second-order valence-corrected chi connectivity index (χ2v) is 6.79. The van der Waals surface area contributed by atoms with Gasteiger partial charge in [0.05, 0.1) is 6.61 Å². The molecule has 0 unspecified atom stereocenters. The summed E-state index contributed by atoms with van der Waals surface area (Å²) in [5.74, 6) is 0.780. The molecule has 3 heteroatoms. The van der Waals surface area contributed by atoms with Crippen molar-refractivity contribution in [2.75, 3.05) is 6.61 Å². The lowest BCUT2D eigenvalue weighted by atomic mass is 9.68. The highest BCUT2D eigenvalue weighted by molar-refractivity contribution is 5.30. The van der Waals surface area contributed by atoms with Gasteiger partial charge in [0.1, 0.15) is 0 Å². The first kappa shape index (κ1) is 14.8. The monoisotopic (exact) mass is 294 g/mol. The third-order valence-corrected chi connectivity index (χ3v) is 5.42. The van der Waals surface area contributed by atoms with Crippen LogP contribution in [0.2, 0.25) is 0 Å². The fourth-order valence-electron chi connectivity index (χ4n) is 3.68. The summed E-state index contributed by atoms with van der Waals surface area (Å²) in [6, 6.07) is 3.11. The molecule has 1 aromatic rings. The SMILES string of the molecule is Cc1ccc(OCC2CCC(C3CCC3)CC2)c(F)c1F. The Kier molecular flexibility index (Phi) is 4.46. The van der Waals surface area contributed by atoms with E-state index in [1.54, 1.807) is 13.0 Å². The summed E-state index contributed by atoms with van der Waals surface area (Å²) in [7, 11) is 0. The summed E-state index contributed by atoms with van der Waals surface area (Å²) in [6.45, 7) is 2.07. The first-order valence-electron chi connectivity index (χ1n) is 8.22. The van der Waals surface area contributed by atoms with E-state index in [0.29, 0.717) is 18.1 Å². The van der Waals surface area contributed by atoms with Crippen molar-refractivity contribution in [2.45, 2.75) is 51.9 Å². The zero-order valence-electron chi connectivity index (χ0n) is 12.7. The molecule has 3 rings (SSSR count). The molecule has 0 saturated heterocycles. The van der Waals surface area contributed by atoms with Gasteiger partial charge in [0.2, 0.25) is 5.82 Å². The maximum atomic E-state index is 13.7. The van der Waals surface area contributed by atoms with E-state index in [1.807, 2.05) is 0 Å². The zero-order valence-corrected chi connectivity index (χ0v) is 12.7. The minimum atomic E-state index is -0.849. The molecule has 0 aromatic heterocycles. The highest BCUT2D eigenvalue weighted by Gasteiger charge is 2.31. The van der Waals surface area contributed by atoms with Gasteiger partial charge in [-0.25, -0.2) is 4.39 Å². The summed E-state index contributed by atoms with van der Waals surface area (Å²) in [5, 5.41) is 0. The van der Waals surface area contributed by atoms with E-state index in [0.717, 1.165) is 24.7 Å². The molecule has 2 aliphatic rings. The highest BCUT2D eigenvalue weighted by Crippen LogP contribution is 2.42. The minimum absolute atomic E-state index is 0.0548. The van der Waals surface area contributed by atoms with Crippen LogP contribution in [-0.4, -0.2) is 6.61 Å². The topological polar surface area (TPSA) is 9.23 Å². The molecular formula is C18H24F2O. The van der Waals surface area contributed by atoms with Crippen molar-refractivity contribution in [1.29, 1.82) is 0 Å². The molecule has 2 saturated carbocycles. The molecule has 1 aromatic carbocycles. The second kappa shape index (κ2) is 6.33. The van der Waals surface area contributed by atoms with Crippen molar-refractivity contribution in [2.24, 2.45) is 17.8 Å². The van der Waals surface area contributed by atoms with Crippen LogP contribution in [0.15, 0.2) is 12.1 Å². The molecule has 0 radical (unpaired) electrons. The Hall–Kier alpha value is -1.12. The number of hydrogen-bond acceptors (Lipinski definition) is 1. The number of hydrogen-bond donors (Lipinski definition) is 0. The lowest BCUT2D eigenvalue weighted by molar-refractivity contribution is 0.115. The van der Waals surface area contributed by atoms with Crippen LogP contribution in [0.5, 0.6) is 5.75 Å². The van der Waals surface area contributed by atoms with Gasteiger partial charge in [-0.2, -0.15) is 4.39 Å². The molecule has 0 N–H and O–H groups in total. The lowest BCUT2D eigenvalue weighted by Gasteiger charge is -2.38. The Bertz CT molecular complexity index is 488. The summed E-state index contributed by atoms with van der Waals surface area (Å²) in [6.07, 6.45) is 9.13. The van der Waals surface area contributed by atoms with Crippen LogP contribution in [0.3, 0.4) is 0 Å². The van der Waals surface area contributed by atoms with E-state index in [1.165, 1.54) is 38.2 Å². The number of aryl methyl sites for hydroxylation is 1. The van der Waals surface area contributed by atoms with Gasteiger partial charge >= 0.3 is 0 Å². The molecule has 2 aliphatic carbocycles. The van der Waals surface area contributed by atoms with Crippen LogP contribution in [0, 0.1) is 36.3 Å². The van der Waals surface area contributed by atoms with Crippen molar-refractivity contribution < 1.29 is 13.5 Å². The Morgan fingerprint density at radius 3 is 2.24 bits per heavy atom. The Labute approximate surface area is 125 Å². The van der Waals surface area contributed by atoms with Crippen LogP contribution in [0.1, 0.15) is 50.5 Å². The van der Waals surface area contributed by atoms with Crippen LogP contribution in [0.4, 0.5) is 8.78 Å². The van der Waals surface area contributed by atoms with Gasteiger partial charge in [-0.15, -0.1) is 0 Å². The molecular weight excluding hydrogens is 270 g/mol. The van der Waals surface area contributed by atoms with Crippen molar-refractivity contribution in [3.63, 3.8) is 0 Å². The van der Waals surface area contributed by atoms with Crippen molar-refractivity contribution in [3.05, 3.63) is 29.3 Å². The summed E-state index contributed by atoms with van der Waals surface area (Å²) >= 11 is 0. The molecule has 2 fully saturated rings. The Balaban J connectivity index is 1.49. The molecule has 116 valence electrons. The zero-order chi connectivity index (χ0) is 14.8. The Morgan fingerprint density at radius 1 is 0.952 bits per heavy atom. The van der Waals surface area contributed by atoms with E-state index in [9.17, 15) is 8.78 Å². The average molecular weight is 294 g/mol. The molecule has 0 bridgehead atoms. The van der Waals surface area contributed by atoms with Crippen LogP contribution < -0.4 is 4.74 Å². The fourth-order valence-corrected chi connectivity index (χ4v) is 3.68. The number of rotatable bonds is 4. The molecule has 0 spiro atoms. The number of benzene rings is 1. The van der Waals surface area contributed by atoms with Gasteiger partial charge in [0.25, 0.3) is 0 Å². The second-order valence-electron chi connectivity index (χ2n) is 6.79. The third-order valence-electron chi connectivity index (χ3n) is 5.42. The van der Waals surface area contributed by atoms with Gasteiger partial charge in [0, 0.05) is 0 Å². The normalized spacial score (nSPS) is 26.4. The summed E-state index contributed by atoms with van der Waals surface area (Å²) < 4.78 is 32.8. The third kappa shape index (κ3) is 3.22. The number of ether oxygens (including phenoxy) is 1. The Morgan fingerprint density at radius 2 is 1.62 bits per heavy atom. The lowest BCUT2D eigenvalue weighted by Crippen LogP contribution is -2.28. The van der Waals surface area contributed by atoms with E-state index >= 15 is 0 Å². The molecule has 0 atom stereocenters. The van der Waals surface area contributed by atoms with Crippen LogP contribution >= 0.6 is 0 Å². The fraction of sp³-hybridized carbons (Fsp3) is 0.667. The largest absolute Gasteiger partial charge is 0.490 e. The molecule has 0 aliphatic heterocycles. The van der Waals surface area contributed by atoms with E-state index < -0.39 is 11.6 Å². The molecule has 1 nitrogen and oxygen atoms in total. The maximum Gasteiger partial charge on any atom is 0.200 e. The average Bonchev–Trinajstić information content (AvgIpc) is 2.44. The van der Waals surface area contributed by atoms with Gasteiger partial charge in [-0.3, -0.25) is 0 Å². The predicted octanol–water partition coefficient (Wildman–Crippen LogP) is 5.26. The van der Waals surface area contributed by atoms with Gasteiger partial charge < -0.3 is 4.74 Å². The number of halogens is 2. The standard InChI is InChI=1S/C18H24F2O/c1-12-5-10-16(18(20)17(12)19)21-11-13-6-8-15(9-7-13)14-3-2-4-14/h5,10,13-15H,2-4,6-9,11H2,1H3. The maximum absolute atomic E-state index is 13.7. The van der Waals surface area contributed by atoms with Crippen molar-refractivity contribution in [3.8, 4) is 5.75 Å². The van der Waals surface area contributed by atoms with Crippen molar-refractivity contribution in [1.82, 2.24) is 0 Å². The van der Waals surface area contributed by atoms with Gasteiger partial charge in [-0.05, 0) is 62.0 Å². The van der Waals surface area contributed by atoms with Crippen LogP contribution in [-0.2, 0) is 0 Å². The smallest absolute Gasteiger partial charge is 0.200 e. The van der Waals surface area contributed by atoms with Gasteiger partial charge in [-0.1, -0.05) is 25.3 Å². The summed E-state index contributed by atoms with van der Waals surface area (Å²) in [4.78, 5) is 0. The first-order valence-corrected chi connectivity index (χ1v) is 8.22. The van der Waals surface area contributed by atoms with E-state index in [2.05, 4.69) is 0 Å². The van der Waals surface area contributed by atoms with E-state index in [4.69, 9.17) is 4.74 Å².